The average molecular weight is 170 g/mol. The normalized spacial score (nSPS) is 28.5. The first kappa shape index (κ1) is 9.23. The molecule has 0 bridgehead atoms. The third-order valence-corrected chi connectivity index (χ3v) is 2.78. The Kier molecular flexibility index (Phi) is 2.22. The average Bonchev–Trinajstić information content (AvgIpc) is 1.94. The maximum atomic E-state index is 11.4. The Labute approximate surface area is 71.8 Å². The number of carbonyl (C=O) groups excluding carboxylic acids is 1. The minimum absolute atomic E-state index is 0.0844. The Hall–Kier alpha value is -0.860. The van der Waals surface area contributed by atoms with Gasteiger partial charge < -0.3 is 5.11 Å². The highest BCUT2D eigenvalue weighted by Crippen LogP contribution is 2.37. The van der Waals surface area contributed by atoms with Crippen molar-refractivity contribution < 1.29 is 14.7 Å². The molecular weight excluding hydrogens is 156 g/mol. The van der Waals surface area contributed by atoms with E-state index in [1.54, 1.807) is 13.8 Å². The summed E-state index contributed by atoms with van der Waals surface area (Å²) in [5.41, 5.74) is -0.663. The van der Waals surface area contributed by atoms with Gasteiger partial charge in [-0.2, -0.15) is 0 Å². The fourth-order valence-corrected chi connectivity index (χ4v) is 1.78. The van der Waals surface area contributed by atoms with Crippen molar-refractivity contribution in [1.82, 2.24) is 0 Å². The van der Waals surface area contributed by atoms with Gasteiger partial charge in [0.15, 0.2) is 0 Å². The summed E-state index contributed by atoms with van der Waals surface area (Å²) in [5.74, 6) is -1.24. The highest BCUT2D eigenvalue weighted by molar-refractivity contribution is 5.90. The second kappa shape index (κ2) is 2.88. The number of hydrogen-bond acceptors (Lipinski definition) is 2. The van der Waals surface area contributed by atoms with Crippen molar-refractivity contribution >= 4 is 11.8 Å². The molecule has 1 aliphatic rings. The summed E-state index contributed by atoms with van der Waals surface area (Å²) in [6.45, 7) is 3.46. The number of rotatable bonds is 1. The van der Waals surface area contributed by atoms with Gasteiger partial charge in [0.2, 0.25) is 0 Å². The van der Waals surface area contributed by atoms with Crippen LogP contribution in [0.1, 0.15) is 33.1 Å². The topological polar surface area (TPSA) is 54.4 Å². The van der Waals surface area contributed by atoms with E-state index >= 15 is 0 Å². The molecule has 1 N–H and O–H groups in total. The summed E-state index contributed by atoms with van der Waals surface area (Å²) >= 11 is 0. The van der Waals surface area contributed by atoms with Crippen LogP contribution in [0.3, 0.4) is 0 Å². The van der Waals surface area contributed by atoms with Crippen LogP contribution >= 0.6 is 0 Å². The molecule has 1 rings (SSSR count). The summed E-state index contributed by atoms with van der Waals surface area (Å²) in [5, 5.41) is 8.84. The van der Waals surface area contributed by atoms with Crippen molar-refractivity contribution in [3.05, 3.63) is 0 Å². The fraction of sp³-hybridized carbons (Fsp3) is 0.778. The molecule has 3 heteroatoms. The Bertz CT molecular complexity index is 218. The van der Waals surface area contributed by atoms with E-state index < -0.39 is 17.3 Å². The zero-order chi connectivity index (χ0) is 9.35. The van der Waals surface area contributed by atoms with E-state index in [1.807, 2.05) is 0 Å². The SMILES string of the molecule is CC1(C)C(=O)CCCC1C(=O)O. The van der Waals surface area contributed by atoms with E-state index in [0.717, 1.165) is 6.42 Å². The largest absolute Gasteiger partial charge is 0.481 e. The Morgan fingerprint density at radius 2 is 2.17 bits per heavy atom. The van der Waals surface area contributed by atoms with Crippen molar-refractivity contribution in [3.63, 3.8) is 0 Å². The predicted molar refractivity (Wildman–Crippen MR) is 43.8 cm³/mol. The van der Waals surface area contributed by atoms with Gasteiger partial charge in [0.05, 0.1) is 5.92 Å². The molecule has 0 aliphatic heterocycles. The molecule has 1 fully saturated rings. The first-order valence-electron chi connectivity index (χ1n) is 4.22. The molecule has 0 aromatic heterocycles. The maximum Gasteiger partial charge on any atom is 0.307 e. The van der Waals surface area contributed by atoms with Crippen LogP contribution in [0.25, 0.3) is 0 Å². The molecule has 3 nitrogen and oxygen atoms in total. The van der Waals surface area contributed by atoms with Crippen LogP contribution in [0.5, 0.6) is 0 Å². The summed E-state index contributed by atoms with van der Waals surface area (Å²) in [4.78, 5) is 22.1. The number of carboxylic acids is 1. The monoisotopic (exact) mass is 170 g/mol. The first-order valence-corrected chi connectivity index (χ1v) is 4.22. The number of carbonyl (C=O) groups is 2. The van der Waals surface area contributed by atoms with Gasteiger partial charge in [-0.05, 0) is 12.8 Å². The Morgan fingerprint density at radius 1 is 1.58 bits per heavy atom. The number of aliphatic carboxylic acids is 1. The fourth-order valence-electron chi connectivity index (χ4n) is 1.78. The van der Waals surface area contributed by atoms with Crippen molar-refractivity contribution in [1.29, 1.82) is 0 Å². The predicted octanol–water partition coefficient (Wildman–Crippen LogP) is 1.47. The number of hydrogen-bond donors (Lipinski definition) is 1. The van der Waals surface area contributed by atoms with Gasteiger partial charge in [-0.3, -0.25) is 9.59 Å². The maximum absolute atomic E-state index is 11.4. The van der Waals surface area contributed by atoms with Crippen LogP contribution < -0.4 is 0 Å². The standard InChI is InChI=1S/C9H14O3/c1-9(2)6(8(11)12)4-3-5-7(9)10/h6H,3-5H2,1-2H3,(H,11,12). The molecule has 0 aromatic rings. The lowest BCUT2D eigenvalue weighted by Gasteiger charge is -2.33. The van der Waals surface area contributed by atoms with E-state index in [2.05, 4.69) is 0 Å². The van der Waals surface area contributed by atoms with Gasteiger partial charge in [-0.15, -0.1) is 0 Å². The minimum Gasteiger partial charge on any atom is -0.481 e. The molecule has 0 spiro atoms. The van der Waals surface area contributed by atoms with Gasteiger partial charge in [0, 0.05) is 11.8 Å². The van der Waals surface area contributed by atoms with Crippen molar-refractivity contribution in [2.75, 3.05) is 0 Å². The summed E-state index contributed by atoms with van der Waals surface area (Å²) in [7, 11) is 0. The molecule has 68 valence electrons. The third kappa shape index (κ3) is 1.36. The highest BCUT2D eigenvalue weighted by atomic mass is 16.4. The number of carboxylic acid groups (broad SMARTS) is 1. The minimum atomic E-state index is -0.840. The smallest absolute Gasteiger partial charge is 0.307 e. The molecule has 1 atom stereocenters. The van der Waals surface area contributed by atoms with E-state index in [9.17, 15) is 9.59 Å². The van der Waals surface area contributed by atoms with Crippen LogP contribution in [0.15, 0.2) is 0 Å². The Morgan fingerprint density at radius 3 is 2.58 bits per heavy atom. The van der Waals surface area contributed by atoms with Crippen molar-refractivity contribution in [3.8, 4) is 0 Å². The van der Waals surface area contributed by atoms with E-state index in [1.165, 1.54) is 0 Å². The third-order valence-electron chi connectivity index (χ3n) is 2.78. The zero-order valence-electron chi connectivity index (χ0n) is 7.46. The number of Topliss-reactive ketones (excluding diaryl/α,β-unsaturated/α-hetero) is 1. The molecule has 0 aromatic carbocycles. The summed E-state index contributed by atoms with van der Waals surface area (Å²) in [6, 6.07) is 0. The van der Waals surface area contributed by atoms with Crippen molar-refractivity contribution in [2.45, 2.75) is 33.1 Å². The summed E-state index contributed by atoms with van der Waals surface area (Å²) in [6.07, 6.45) is 1.89. The highest BCUT2D eigenvalue weighted by Gasteiger charge is 2.43. The van der Waals surface area contributed by atoms with Crippen LogP contribution in [0.2, 0.25) is 0 Å². The lowest BCUT2D eigenvalue weighted by molar-refractivity contribution is -0.153. The van der Waals surface area contributed by atoms with Gasteiger partial charge in [-0.1, -0.05) is 13.8 Å². The first-order chi connectivity index (χ1) is 5.46. The quantitative estimate of drug-likeness (QED) is 0.648. The van der Waals surface area contributed by atoms with E-state index in [-0.39, 0.29) is 5.78 Å². The second-order valence-electron chi connectivity index (χ2n) is 3.93. The Balaban J connectivity index is 2.86. The molecule has 12 heavy (non-hydrogen) atoms. The lowest BCUT2D eigenvalue weighted by Crippen LogP contribution is -2.40. The van der Waals surface area contributed by atoms with Crippen LogP contribution in [-0.2, 0) is 9.59 Å². The van der Waals surface area contributed by atoms with E-state index in [0.29, 0.717) is 12.8 Å². The van der Waals surface area contributed by atoms with Crippen LogP contribution in [0, 0.1) is 11.3 Å². The van der Waals surface area contributed by atoms with Gasteiger partial charge >= 0.3 is 5.97 Å². The number of ketones is 1. The van der Waals surface area contributed by atoms with E-state index in [4.69, 9.17) is 5.11 Å². The molecule has 0 radical (unpaired) electrons. The molecular formula is C9H14O3. The molecule has 0 amide bonds. The molecule has 0 heterocycles. The van der Waals surface area contributed by atoms with Gasteiger partial charge in [-0.25, -0.2) is 0 Å². The van der Waals surface area contributed by atoms with Crippen LogP contribution in [-0.4, -0.2) is 16.9 Å². The lowest BCUT2D eigenvalue weighted by atomic mass is 9.68. The zero-order valence-corrected chi connectivity index (χ0v) is 7.46. The van der Waals surface area contributed by atoms with Gasteiger partial charge in [0.25, 0.3) is 0 Å². The molecule has 1 unspecified atom stereocenters. The summed E-state index contributed by atoms with van der Waals surface area (Å²) < 4.78 is 0. The van der Waals surface area contributed by atoms with Crippen LogP contribution in [0.4, 0.5) is 0 Å². The second-order valence-corrected chi connectivity index (χ2v) is 3.93. The molecule has 1 saturated carbocycles. The van der Waals surface area contributed by atoms with Crippen molar-refractivity contribution in [2.24, 2.45) is 11.3 Å². The molecule has 0 saturated heterocycles. The molecule has 1 aliphatic carbocycles. The van der Waals surface area contributed by atoms with Gasteiger partial charge in [0.1, 0.15) is 5.78 Å².